The quantitative estimate of drug-likeness (QED) is 0.404. The fourth-order valence-corrected chi connectivity index (χ4v) is 0.313. The van der Waals surface area contributed by atoms with Gasteiger partial charge in [-0.15, -0.1) is 0 Å². The van der Waals surface area contributed by atoms with Crippen LogP contribution in [-0.4, -0.2) is 35.4 Å². The minimum Gasteiger partial charge on any atom is -0.265 e. The van der Waals surface area contributed by atoms with Gasteiger partial charge in [0.2, 0.25) is 0 Å². The molecule has 0 amide bonds. The zero-order valence-corrected chi connectivity index (χ0v) is 4.77. The smallest absolute Gasteiger partial charge is 0.0267 e. The van der Waals surface area contributed by atoms with Crippen molar-refractivity contribution in [2.45, 2.75) is 0 Å². The van der Waals surface area contributed by atoms with E-state index in [9.17, 15) is 0 Å². The number of carboxylic acid groups (broad SMARTS) is 1. The van der Waals surface area contributed by atoms with Crippen LogP contribution in [0.25, 0.3) is 0 Å². The number of hydrogen-bond donors (Lipinski definition) is 1. The van der Waals surface area contributed by atoms with Crippen molar-refractivity contribution in [3.63, 3.8) is 0 Å². The fourth-order valence-electron chi connectivity index (χ4n) is 0.313. The Kier molecular flexibility index (Phi) is 13.2. The van der Waals surface area contributed by atoms with Gasteiger partial charge in [-0.1, -0.05) is 6.07 Å². The molecule has 0 unspecified atom stereocenters. The zero-order valence-electron chi connectivity index (χ0n) is 4.77. The Bertz CT molecular complexity index is 119. The molecule has 1 aromatic rings. The van der Waals surface area contributed by atoms with Crippen molar-refractivity contribution in [2.24, 2.45) is 0 Å². The van der Waals surface area contributed by atoms with Crippen molar-refractivity contribution in [1.29, 1.82) is 0 Å². The van der Waals surface area contributed by atoms with E-state index >= 15 is 0 Å². The van der Waals surface area contributed by atoms with Crippen LogP contribution in [0.4, 0.5) is 0 Å². The van der Waals surface area contributed by atoms with Gasteiger partial charge in [0.1, 0.15) is 0 Å². The number of pyridine rings is 1. The number of hydrogen-bond acceptors (Lipinski definition) is 2. The summed E-state index contributed by atoms with van der Waals surface area (Å²) in [6.45, 7) is -0.250. The first-order valence-electron chi connectivity index (χ1n) is 2.34. The van der Waals surface area contributed by atoms with Crippen molar-refractivity contribution in [2.75, 3.05) is 0 Å². The topological polar surface area (TPSA) is 50.2 Å². The molecule has 0 aromatic carbocycles. The Balaban J connectivity index is 0. The average molecular weight is 133 g/mol. The SMILES string of the molecule is O=CO.[LiH].c1ccncc1. The summed E-state index contributed by atoms with van der Waals surface area (Å²) in [6, 6.07) is 5.72. The monoisotopic (exact) mass is 133 g/mol. The third-order valence-corrected chi connectivity index (χ3v) is 0.566. The second-order valence-electron chi connectivity index (χ2n) is 1.13. The molecule has 0 saturated carbocycles. The van der Waals surface area contributed by atoms with Crippen molar-refractivity contribution in [1.82, 2.24) is 4.98 Å². The van der Waals surface area contributed by atoms with E-state index in [2.05, 4.69) is 4.98 Å². The number of carbonyl (C=O) groups is 1. The van der Waals surface area contributed by atoms with Crippen LogP contribution in [0.2, 0.25) is 0 Å². The molecule has 0 atom stereocenters. The first kappa shape index (κ1) is 11.9. The minimum atomic E-state index is -0.250. The van der Waals surface area contributed by atoms with E-state index in [1.165, 1.54) is 0 Å². The van der Waals surface area contributed by atoms with Gasteiger partial charge in [0.05, 0.1) is 0 Å². The van der Waals surface area contributed by atoms with Gasteiger partial charge in [-0.25, -0.2) is 0 Å². The van der Waals surface area contributed by atoms with E-state index in [0.29, 0.717) is 0 Å². The molecule has 0 spiro atoms. The van der Waals surface area contributed by atoms with Gasteiger partial charge in [-0.3, -0.25) is 9.78 Å². The normalized spacial score (nSPS) is 6.00. The van der Waals surface area contributed by atoms with Crippen LogP contribution >= 0.6 is 0 Å². The van der Waals surface area contributed by atoms with Gasteiger partial charge in [-0.2, -0.15) is 0 Å². The molecule has 0 aliphatic heterocycles. The van der Waals surface area contributed by atoms with E-state index in [1.807, 2.05) is 18.2 Å². The third kappa shape index (κ3) is 10.2. The summed E-state index contributed by atoms with van der Waals surface area (Å²) < 4.78 is 0. The Morgan fingerprint density at radius 2 is 1.60 bits per heavy atom. The molecular formula is C6H8LiNO2. The molecule has 1 N–H and O–H groups in total. The number of nitrogens with zero attached hydrogens (tertiary/aromatic N) is 1. The van der Waals surface area contributed by atoms with Gasteiger partial charge in [0, 0.05) is 12.4 Å². The molecular weight excluding hydrogens is 125 g/mol. The minimum absolute atomic E-state index is 0. The molecule has 0 saturated heterocycles. The van der Waals surface area contributed by atoms with Crippen molar-refractivity contribution >= 4 is 25.3 Å². The first-order valence-corrected chi connectivity index (χ1v) is 2.34. The molecule has 1 aromatic heterocycles. The second-order valence-corrected chi connectivity index (χ2v) is 1.13. The molecule has 50 valence electrons. The van der Waals surface area contributed by atoms with Crippen LogP contribution in [0.15, 0.2) is 30.6 Å². The van der Waals surface area contributed by atoms with Gasteiger partial charge in [-0.05, 0) is 12.1 Å². The maximum atomic E-state index is 8.36. The fraction of sp³-hybridized carbons (Fsp3) is 0. The van der Waals surface area contributed by atoms with E-state index in [1.54, 1.807) is 12.4 Å². The van der Waals surface area contributed by atoms with Gasteiger partial charge in [0.25, 0.3) is 6.47 Å². The second kappa shape index (κ2) is 11.1. The molecule has 1 rings (SSSR count). The maximum Gasteiger partial charge on any atom is 0.0267 e. The van der Waals surface area contributed by atoms with Crippen LogP contribution in [0.3, 0.4) is 0 Å². The molecule has 0 aliphatic rings. The maximum absolute atomic E-state index is 8.36. The van der Waals surface area contributed by atoms with E-state index < -0.39 is 0 Å². The van der Waals surface area contributed by atoms with Gasteiger partial charge in [0.15, 0.2) is 0 Å². The standard InChI is InChI=1S/C5H5N.CH2O2.Li.H/c1-2-4-6-5-3-1;2-1-3;;/h1-5H;1H,(H,2,3);;. The Morgan fingerprint density at radius 1 is 1.20 bits per heavy atom. The average Bonchev–Trinajstić information content (AvgIpc) is 1.93. The van der Waals surface area contributed by atoms with Crippen LogP contribution in [0, 0.1) is 0 Å². The Labute approximate surface area is 71.3 Å². The number of rotatable bonds is 0. The summed E-state index contributed by atoms with van der Waals surface area (Å²) in [6.07, 6.45) is 3.50. The van der Waals surface area contributed by atoms with E-state index in [0.717, 1.165) is 0 Å². The predicted molar refractivity (Wildman–Crippen MR) is 40.1 cm³/mol. The molecule has 0 bridgehead atoms. The van der Waals surface area contributed by atoms with Crippen LogP contribution in [0.5, 0.6) is 0 Å². The largest absolute Gasteiger partial charge is 0.265 e. The summed E-state index contributed by atoms with van der Waals surface area (Å²) in [4.78, 5) is 12.1. The van der Waals surface area contributed by atoms with Crippen LogP contribution in [0.1, 0.15) is 0 Å². The third-order valence-electron chi connectivity index (χ3n) is 0.566. The summed E-state index contributed by atoms with van der Waals surface area (Å²) in [5.74, 6) is 0. The molecule has 0 aliphatic carbocycles. The van der Waals surface area contributed by atoms with E-state index in [-0.39, 0.29) is 25.3 Å². The summed E-state index contributed by atoms with van der Waals surface area (Å²) >= 11 is 0. The Hall–Kier alpha value is -0.783. The molecule has 10 heavy (non-hydrogen) atoms. The predicted octanol–water partition coefficient (Wildman–Crippen LogP) is 0.134. The molecule has 1 heterocycles. The molecule has 0 fully saturated rings. The summed E-state index contributed by atoms with van der Waals surface area (Å²) in [5, 5.41) is 6.89. The number of aromatic nitrogens is 1. The van der Waals surface area contributed by atoms with Crippen molar-refractivity contribution in [3.8, 4) is 0 Å². The van der Waals surface area contributed by atoms with Crippen LogP contribution in [-0.2, 0) is 4.79 Å². The molecule has 4 heteroatoms. The van der Waals surface area contributed by atoms with Crippen molar-refractivity contribution in [3.05, 3.63) is 30.6 Å². The Morgan fingerprint density at radius 3 is 1.70 bits per heavy atom. The molecule has 0 radical (unpaired) electrons. The van der Waals surface area contributed by atoms with Crippen molar-refractivity contribution < 1.29 is 9.90 Å². The van der Waals surface area contributed by atoms with Crippen LogP contribution < -0.4 is 0 Å². The summed E-state index contributed by atoms with van der Waals surface area (Å²) in [7, 11) is 0. The molecule has 3 nitrogen and oxygen atoms in total. The van der Waals surface area contributed by atoms with Gasteiger partial charge < -0.3 is 5.11 Å². The zero-order chi connectivity index (χ0) is 6.95. The van der Waals surface area contributed by atoms with E-state index in [4.69, 9.17) is 9.90 Å². The summed E-state index contributed by atoms with van der Waals surface area (Å²) in [5.41, 5.74) is 0. The first-order chi connectivity index (χ1) is 4.41. The van der Waals surface area contributed by atoms with Gasteiger partial charge >= 0.3 is 18.9 Å².